The molecule has 0 radical (unpaired) electrons. The first-order chi connectivity index (χ1) is 9.54. The van der Waals surface area contributed by atoms with Gasteiger partial charge in [0, 0.05) is 30.2 Å². The smallest absolute Gasteiger partial charge is 0.0406 e. The van der Waals surface area contributed by atoms with E-state index in [1.807, 2.05) is 12.1 Å². The largest absolute Gasteiger partial charge is 0.377 e. The monoisotopic (exact) mass is 289 g/mol. The average Bonchev–Trinajstić information content (AvgIpc) is 2.72. The predicted molar refractivity (Wildman–Crippen MR) is 88.8 cm³/mol. The number of allylic oxidation sites excluding steroid dienone is 3. The van der Waals surface area contributed by atoms with Crippen LogP contribution in [0.2, 0.25) is 5.02 Å². The quantitative estimate of drug-likeness (QED) is 0.703. The van der Waals surface area contributed by atoms with E-state index in [4.69, 9.17) is 11.6 Å². The highest BCUT2D eigenvalue weighted by Crippen LogP contribution is 2.39. The molecule has 0 fully saturated rings. The Kier molecular flexibility index (Phi) is 4.93. The molecule has 1 nitrogen and oxygen atoms in total. The molecule has 2 heteroatoms. The van der Waals surface area contributed by atoms with Crippen LogP contribution < -0.4 is 0 Å². The van der Waals surface area contributed by atoms with Crippen LogP contribution in [-0.2, 0) is 0 Å². The second kappa shape index (κ2) is 6.49. The zero-order valence-electron chi connectivity index (χ0n) is 12.9. The normalized spacial score (nSPS) is 18.4. The summed E-state index contributed by atoms with van der Waals surface area (Å²) in [7, 11) is 2.21. The standard InChI is InChI=1S/C18H24ClN/c1-5-6-11-20(4)18-13(2)12-17(14(18)3)15-7-9-16(19)10-8-15/h7-10,12,14H,5-6,11H2,1-4H3. The number of rotatable bonds is 5. The van der Waals surface area contributed by atoms with Crippen LogP contribution in [0.5, 0.6) is 0 Å². The van der Waals surface area contributed by atoms with Gasteiger partial charge in [0.25, 0.3) is 0 Å². The zero-order valence-corrected chi connectivity index (χ0v) is 13.7. The second-order valence-corrected chi connectivity index (χ2v) is 6.11. The summed E-state index contributed by atoms with van der Waals surface area (Å²) in [6.45, 7) is 7.89. The van der Waals surface area contributed by atoms with Crippen molar-refractivity contribution in [3.8, 4) is 0 Å². The van der Waals surface area contributed by atoms with Gasteiger partial charge in [0.05, 0.1) is 0 Å². The van der Waals surface area contributed by atoms with Crippen molar-refractivity contribution < 1.29 is 0 Å². The van der Waals surface area contributed by atoms with Crippen molar-refractivity contribution in [2.24, 2.45) is 5.92 Å². The highest BCUT2D eigenvalue weighted by molar-refractivity contribution is 6.30. The SMILES string of the molecule is CCCCN(C)C1=C(C)C=C(c2ccc(Cl)cc2)C1C. The van der Waals surface area contributed by atoms with Gasteiger partial charge in [-0.15, -0.1) is 0 Å². The molecule has 0 heterocycles. The van der Waals surface area contributed by atoms with E-state index in [-0.39, 0.29) is 0 Å². The van der Waals surface area contributed by atoms with Gasteiger partial charge in [-0.2, -0.15) is 0 Å². The van der Waals surface area contributed by atoms with E-state index >= 15 is 0 Å². The first-order valence-corrected chi connectivity index (χ1v) is 7.81. The Balaban J connectivity index is 2.18. The van der Waals surface area contributed by atoms with Crippen LogP contribution in [0, 0.1) is 5.92 Å². The molecule has 108 valence electrons. The summed E-state index contributed by atoms with van der Waals surface area (Å²) in [6, 6.07) is 8.18. The van der Waals surface area contributed by atoms with E-state index < -0.39 is 0 Å². The van der Waals surface area contributed by atoms with Crippen molar-refractivity contribution in [3.63, 3.8) is 0 Å². The summed E-state index contributed by atoms with van der Waals surface area (Å²) < 4.78 is 0. The topological polar surface area (TPSA) is 3.24 Å². The van der Waals surface area contributed by atoms with Crippen LogP contribution in [0.3, 0.4) is 0 Å². The minimum Gasteiger partial charge on any atom is -0.377 e. The molecular weight excluding hydrogens is 266 g/mol. The first-order valence-electron chi connectivity index (χ1n) is 7.44. The first kappa shape index (κ1) is 15.2. The average molecular weight is 290 g/mol. The summed E-state index contributed by atoms with van der Waals surface area (Å²) in [5.74, 6) is 0.457. The summed E-state index contributed by atoms with van der Waals surface area (Å²) in [5, 5.41) is 0.796. The lowest BCUT2D eigenvalue weighted by molar-refractivity contribution is 0.378. The van der Waals surface area contributed by atoms with Crippen molar-refractivity contribution in [3.05, 3.63) is 52.2 Å². The number of unbranched alkanes of at least 4 members (excludes halogenated alkanes) is 1. The van der Waals surface area contributed by atoms with Gasteiger partial charge in [-0.05, 0) is 42.2 Å². The zero-order chi connectivity index (χ0) is 14.7. The number of benzene rings is 1. The van der Waals surface area contributed by atoms with E-state index in [9.17, 15) is 0 Å². The summed E-state index contributed by atoms with van der Waals surface area (Å²) in [6.07, 6.45) is 4.81. The number of nitrogens with zero attached hydrogens (tertiary/aromatic N) is 1. The van der Waals surface area contributed by atoms with Gasteiger partial charge in [-0.25, -0.2) is 0 Å². The third kappa shape index (κ3) is 3.09. The fraction of sp³-hybridized carbons (Fsp3) is 0.444. The Hall–Kier alpha value is -1.21. The van der Waals surface area contributed by atoms with E-state index in [0.717, 1.165) is 11.6 Å². The molecule has 1 unspecified atom stereocenters. The molecule has 1 aliphatic carbocycles. The molecule has 0 amide bonds. The number of hydrogen-bond acceptors (Lipinski definition) is 1. The molecule has 0 aliphatic heterocycles. The Morgan fingerprint density at radius 3 is 2.45 bits per heavy atom. The van der Waals surface area contributed by atoms with Crippen molar-refractivity contribution in [2.75, 3.05) is 13.6 Å². The molecule has 2 rings (SSSR count). The lowest BCUT2D eigenvalue weighted by Gasteiger charge is -2.26. The fourth-order valence-corrected chi connectivity index (χ4v) is 3.17. The fourth-order valence-electron chi connectivity index (χ4n) is 3.04. The predicted octanol–water partition coefficient (Wildman–Crippen LogP) is 5.38. The number of halogens is 1. The van der Waals surface area contributed by atoms with Gasteiger partial charge in [0.2, 0.25) is 0 Å². The summed E-state index contributed by atoms with van der Waals surface area (Å²) in [5.41, 5.74) is 5.53. The van der Waals surface area contributed by atoms with Crippen LogP contribution in [0.25, 0.3) is 5.57 Å². The molecule has 1 atom stereocenters. The van der Waals surface area contributed by atoms with Gasteiger partial charge in [-0.1, -0.05) is 50.1 Å². The Bertz CT molecular complexity index is 525. The highest BCUT2D eigenvalue weighted by Gasteiger charge is 2.25. The molecule has 1 aromatic carbocycles. The molecule has 1 aliphatic rings. The van der Waals surface area contributed by atoms with E-state index in [2.05, 4.69) is 50.9 Å². The Morgan fingerprint density at radius 1 is 1.20 bits per heavy atom. The maximum Gasteiger partial charge on any atom is 0.0406 e. The van der Waals surface area contributed by atoms with Gasteiger partial charge in [0.15, 0.2) is 0 Å². The van der Waals surface area contributed by atoms with E-state index in [0.29, 0.717) is 5.92 Å². The maximum absolute atomic E-state index is 5.98. The van der Waals surface area contributed by atoms with Crippen LogP contribution in [0.4, 0.5) is 0 Å². The summed E-state index contributed by atoms with van der Waals surface area (Å²) in [4.78, 5) is 2.42. The molecular formula is C18H24ClN. The Morgan fingerprint density at radius 2 is 1.85 bits per heavy atom. The molecule has 20 heavy (non-hydrogen) atoms. The maximum atomic E-state index is 5.98. The van der Waals surface area contributed by atoms with Gasteiger partial charge in [0.1, 0.15) is 0 Å². The van der Waals surface area contributed by atoms with Crippen molar-refractivity contribution in [2.45, 2.75) is 33.6 Å². The third-order valence-corrected chi connectivity index (χ3v) is 4.34. The lowest BCUT2D eigenvalue weighted by atomic mass is 9.95. The molecule has 0 spiro atoms. The van der Waals surface area contributed by atoms with Crippen molar-refractivity contribution >= 4 is 17.2 Å². The van der Waals surface area contributed by atoms with Gasteiger partial charge < -0.3 is 4.90 Å². The molecule has 0 bridgehead atoms. The molecule has 0 N–H and O–H groups in total. The molecule has 0 saturated carbocycles. The minimum absolute atomic E-state index is 0.457. The molecule has 0 saturated heterocycles. The minimum atomic E-state index is 0.457. The molecule has 0 aromatic heterocycles. The Labute approximate surface area is 127 Å². The molecule has 1 aromatic rings. The van der Waals surface area contributed by atoms with Gasteiger partial charge in [-0.3, -0.25) is 0 Å². The van der Waals surface area contributed by atoms with Crippen LogP contribution in [0.15, 0.2) is 41.6 Å². The van der Waals surface area contributed by atoms with E-state index in [1.54, 1.807) is 0 Å². The van der Waals surface area contributed by atoms with Crippen molar-refractivity contribution in [1.29, 1.82) is 0 Å². The van der Waals surface area contributed by atoms with E-state index in [1.165, 1.54) is 35.2 Å². The van der Waals surface area contributed by atoms with Gasteiger partial charge >= 0.3 is 0 Å². The third-order valence-electron chi connectivity index (χ3n) is 4.09. The number of hydrogen-bond donors (Lipinski definition) is 0. The second-order valence-electron chi connectivity index (χ2n) is 5.67. The van der Waals surface area contributed by atoms with Crippen LogP contribution >= 0.6 is 11.6 Å². The van der Waals surface area contributed by atoms with Crippen molar-refractivity contribution in [1.82, 2.24) is 4.90 Å². The summed E-state index contributed by atoms with van der Waals surface area (Å²) >= 11 is 5.98. The highest BCUT2D eigenvalue weighted by atomic mass is 35.5. The van der Waals surface area contributed by atoms with Crippen LogP contribution in [0.1, 0.15) is 39.2 Å². The van der Waals surface area contributed by atoms with Crippen LogP contribution in [-0.4, -0.2) is 18.5 Å². The lowest BCUT2D eigenvalue weighted by Crippen LogP contribution is -2.23.